The molecule has 0 heterocycles. The molecular formula is C18H40F2. The molecule has 0 bridgehead atoms. The van der Waals surface area contributed by atoms with Crippen molar-refractivity contribution in [3.63, 3.8) is 0 Å². The van der Waals surface area contributed by atoms with Gasteiger partial charge in [0.05, 0.1) is 0 Å². The Balaban J connectivity index is -0.00000144. The van der Waals surface area contributed by atoms with Gasteiger partial charge in [-0.3, -0.25) is 9.41 Å². The van der Waals surface area contributed by atoms with E-state index in [2.05, 4.69) is 55.4 Å². The van der Waals surface area contributed by atoms with Crippen LogP contribution >= 0.6 is 0 Å². The normalized spacial score (nSPS) is 19.8. The Bertz CT molecular complexity index is 184. The molecule has 0 aromatic rings. The summed E-state index contributed by atoms with van der Waals surface area (Å²) < 4.78 is 0. The van der Waals surface area contributed by atoms with Crippen LogP contribution in [0.25, 0.3) is 0 Å². The highest BCUT2D eigenvalue weighted by Crippen LogP contribution is 2.39. The van der Waals surface area contributed by atoms with Crippen molar-refractivity contribution in [3.05, 3.63) is 0 Å². The first-order valence-corrected chi connectivity index (χ1v) is 8.44. The summed E-state index contributed by atoms with van der Waals surface area (Å²) in [4.78, 5) is 0. The van der Waals surface area contributed by atoms with Crippen molar-refractivity contribution in [3.8, 4) is 0 Å². The lowest BCUT2D eigenvalue weighted by Crippen LogP contribution is -2.31. The highest BCUT2D eigenvalue weighted by Gasteiger charge is 2.32. The molecule has 0 amide bonds. The first-order valence-electron chi connectivity index (χ1n) is 8.44. The quantitative estimate of drug-likeness (QED) is 0.443. The van der Waals surface area contributed by atoms with Crippen molar-refractivity contribution in [2.75, 3.05) is 0 Å². The second-order valence-electron chi connectivity index (χ2n) is 6.63. The maximum Gasteiger partial charge on any atom is -0.0358 e. The SMILES string of the molecule is CC[C@@H](C)C(C)[C@H](CC)[C@H](CC)C(C)[C@@H](C)CC.F.F. The largest absolute Gasteiger partial charge is 0.269 e. The molecule has 0 nitrogen and oxygen atoms in total. The zero-order chi connectivity index (χ0) is 14.3. The van der Waals surface area contributed by atoms with Crippen LogP contribution in [0.15, 0.2) is 0 Å². The Morgan fingerprint density at radius 1 is 0.500 bits per heavy atom. The molecule has 0 aromatic carbocycles. The summed E-state index contributed by atoms with van der Waals surface area (Å²) in [6.07, 6.45) is 5.35. The fourth-order valence-corrected chi connectivity index (χ4v) is 3.72. The zero-order valence-electron chi connectivity index (χ0n) is 15.1. The summed E-state index contributed by atoms with van der Waals surface area (Å²) in [5, 5.41) is 0. The maximum absolute atomic E-state index is 2.49. The third kappa shape index (κ3) is 6.54. The monoisotopic (exact) mass is 294 g/mol. The average molecular weight is 295 g/mol. The second-order valence-corrected chi connectivity index (χ2v) is 6.63. The van der Waals surface area contributed by atoms with Crippen LogP contribution in [0.2, 0.25) is 0 Å². The van der Waals surface area contributed by atoms with Gasteiger partial charge in [-0.1, -0.05) is 81.1 Å². The number of hydrogen-bond acceptors (Lipinski definition) is 0. The van der Waals surface area contributed by atoms with Gasteiger partial charge in [0.25, 0.3) is 0 Å². The van der Waals surface area contributed by atoms with Crippen LogP contribution in [0.4, 0.5) is 9.41 Å². The van der Waals surface area contributed by atoms with Crippen molar-refractivity contribution >= 4 is 0 Å². The van der Waals surface area contributed by atoms with Crippen LogP contribution in [0.1, 0.15) is 81.1 Å². The lowest BCUT2D eigenvalue weighted by molar-refractivity contribution is 0.102. The van der Waals surface area contributed by atoms with Gasteiger partial charge in [-0.05, 0) is 35.5 Å². The first kappa shape index (κ1) is 24.9. The molecule has 2 heteroatoms. The van der Waals surface area contributed by atoms with Gasteiger partial charge in [0, 0.05) is 0 Å². The van der Waals surface area contributed by atoms with Crippen molar-refractivity contribution in [2.45, 2.75) is 81.1 Å². The lowest BCUT2D eigenvalue weighted by Gasteiger charge is -2.39. The Morgan fingerprint density at radius 3 is 0.900 bits per heavy atom. The molecule has 0 aromatic heterocycles. The van der Waals surface area contributed by atoms with Gasteiger partial charge >= 0.3 is 0 Å². The standard InChI is InChI=1S/C18H38.2FH/c1-9-13(5)15(7)17(11-3)18(12-4)16(8)14(6)10-2;;/h13-18H,9-12H2,1-8H3;2*1H/t13-,14+,15?,16?,17+,18-;;. The maximum atomic E-state index is 2.49. The van der Waals surface area contributed by atoms with E-state index in [9.17, 15) is 0 Å². The number of hydrogen-bond donors (Lipinski definition) is 0. The van der Waals surface area contributed by atoms with Crippen LogP contribution < -0.4 is 0 Å². The zero-order valence-corrected chi connectivity index (χ0v) is 15.1. The van der Waals surface area contributed by atoms with E-state index in [-0.39, 0.29) is 9.41 Å². The molecule has 20 heavy (non-hydrogen) atoms. The van der Waals surface area contributed by atoms with E-state index in [0.717, 1.165) is 35.5 Å². The summed E-state index contributed by atoms with van der Waals surface area (Å²) >= 11 is 0. The van der Waals surface area contributed by atoms with Crippen LogP contribution in [-0.2, 0) is 0 Å². The van der Waals surface area contributed by atoms with E-state index < -0.39 is 0 Å². The fraction of sp³-hybridized carbons (Fsp3) is 1.00. The van der Waals surface area contributed by atoms with Crippen LogP contribution in [0.3, 0.4) is 0 Å². The van der Waals surface area contributed by atoms with E-state index in [1.807, 2.05) is 0 Å². The Morgan fingerprint density at radius 2 is 0.750 bits per heavy atom. The van der Waals surface area contributed by atoms with E-state index >= 15 is 0 Å². The van der Waals surface area contributed by atoms with Crippen molar-refractivity contribution < 1.29 is 9.41 Å². The van der Waals surface area contributed by atoms with Crippen LogP contribution in [0.5, 0.6) is 0 Å². The minimum Gasteiger partial charge on any atom is -0.269 e. The average Bonchev–Trinajstić information content (AvgIpc) is 2.41. The molecule has 0 saturated heterocycles. The lowest BCUT2D eigenvalue weighted by atomic mass is 9.66. The van der Waals surface area contributed by atoms with Crippen LogP contribution in [0, 0.1) is 35.5 Å². The third-order valence-corrected chi connectivity index (χ3v) is 5.93. The molecule has 0 N–H and O–H groups in total. The van der Waals surface area contributed by atoms with Crippen molar-refractivity contribution in [1.29, 1.82) is 0 Å². The molecule has 0 radical (unpaired) electrons. The summed E-state index contributed by atoms with van der Waals surface area (Å²) in [5.41, 5.74) is 0. The minimum absolute atomic E-state index is 0. The minimum atomic E-state index is 0. The first-order chi connectivity index (χ1) is 8.44. The van der Waals surface area contributed by atoms with Gasteiger partial charge in [0.15, 0.2) is 0 Å². The second kappa shape index (κ2) is 12.6. The van der Waals surface area contributed by atoms with Gasteiger partial charge in [-0.15, -0.1) is 0 Å². The van der Waals surface area contributed by atoms with E-state index in [0.29, 0.717) is 0 Å². The van der Waals surface area contributed by atoms with E-state index in [1.54, 1.807) is 0 Å². The van der Waals surface area contributed by atoms with E-state index in [1.165, 1.54) is 25.7 Å². The summed E-state index contributed by atoms with van der Waals surface area (Å²) in [6, 6.07) is 0. The number of halogens is 2. The van der Waals surface area contributed by atoms with Crippen molar-refractivity contribution in [1.82, 2.24) is 0 Å². The fourth-order valence-electron chi connectivity index (χ4n) is 3.72. The molecule has 0 rings (SSSR count). The predicted octanol–water partition coefficient (Wildman–Crippen LogP) is 6.71. The summed E-state index contributed by atoms with van der Waals surface area (Å²) in [7, 11) is 0. The van der Waals surface area contributed by atoms with Gasteiger partial charge in [-0.25, -0.2) is 0 Å². The number of rotatable bonds is 9. The topological polar surface area (TPSA) is 0 Å². The summed E-state index contributed by atoms with van der Waals surface area (Å²) in [5.74, 6) is 5.30. The van der Waals surface area contributed by atoms with Gasteiger partial charge in [0.1, 0.15) is 0 Å². The molecule has 0 spiro atoms. The third-order valence-electron chi connectivity index (χ3n) is 5.93. The molecule has 6 atom stereocenters. The Labute approximate surface area is 126 Å². The molecule has 0 saturated carbocycles. The predicted molar refractivity (Wildman–Crippen MR) is 89.8 cm³/mol. The molecule has 0 aliphatic heterocycles. The highest BCUT2D eigenvalue weighted by molar-refractivity contribution is 4.81. The van der Waals surface area contributed by atoms with Gasteiger partial charge in [0.2, 0.25) is 0 Å². The van der Waals surface area contributed by atoms with Gasteiger partial charge < -0.3 is 0 Å². The van der Waals surface area contributed by atoms with Gasteiger partial charge in [-0.2, -0.15) is 0 Å². The molecule has 0 aliphatic rings. The Kier molecular flexibility index (Phi) is 15.6. The van der Waals surface area contributed by atoms with Crippen molar-refractivity contribution in [2.24, 2.45) is 35.5 Å². The molecule has 2 unspecified atom stereocenters. The molecule has 126 valence electrons. The summed E-state index contributed by atoms with van der Waals surface area (Å²) in [6.45, 7) is 19.3. The highest BCUT2D eigenvalue weighted by atomic mass is 19.0. The molecule has 0 aliphatic carbocycles. The smallest absolute Gasteiger partial charge is 0.0358 e. The van der Waals surface area contributed by atoms with E-state index in [4.69, 9.17) is 0 Å². The van der Waals surface area contributed by atoms with Crippen LogP contribution in [-0.4, -0.2) is 0 Å². The molecule has 0 fully saturated rings. The Hall–Kier alpha value is -0.140. The molecular weight excluding hydrogens is 254 g/mol.